The van der Waals surface area contributed by atoms with Crippen molar-refractivity contribution in [2.24, 2.45) is 0 Å². The Kier molecular flexibility index (Phi) is 3.78. The van der Waals surface area contributed by atoms with Gasteiger partial charge in [0.25, 0.3) is 0 Å². The first-order chi connectivity index (χ1) is 9.95. The van der Waals surface area contributed by atoms with E-state index in [-0.39, 0.29) is 18.0 Å². The largest absolute Gasteiger partial charge is 0.324 e. The summed E-state index contributed by atoms with van der Waals surface area (Å²) in [5.41, 5.74) is 3.01. The molecule has 1 amide bonds. The Morgan fingerprint density at radius 3 is 2.76 bits per heavy atom. The maximum atomic E-state index is 12.2. The second-order valence-corrected chi connectivity index (χ2v) is 7.31. The average molecular weight is 321 g/mol. The molecule has 1 aliphatic heterocycles. The van der Waals surface area contributed by atoms with Crippen molar-refractivity contribution < 1.29 is 4.79 Å². The van der Waals surface area contributed by atoms with Crippen molar-refractivity contribution >= 4 is 34.5 Å². The van der Waals surface area contributed by atoms with Crippen LogP contribution in [-0.2, 0) is 4.79 Å². The van der Waals surface area contributed by atoms with E-state index in [0.717, 1.165) is 11.3 Å². The van der Waals surface area contributed by atoms with Crippen molar-refractivity contribution in [1.29, 1.82) is 0 Å². The number of nitrogens with one attached hydrogen (secondary N) is 2. The number of benzene rings is 1. The number of hydrogen-bond acceptors (Lipinski definition) is 3. The SMILES string of the molecule is Cc1cc(C(C)NC2C(=O)Nc3ccc(Cl)cc32)c(C)s1. The maximum Gasteiger partial charge on any atom is 0.246 e. The van der Waals surface area contributed by atoms with Crippen molar-refractivity contribution in [3.05, 3.63) is 50.2 Å². The minimum absolute atomic E-state index is 0.0243. The Morgan fingerprint density at radius 1 is 1.33 bits per heavy atom. The fourth-order valence-electron chi connectivity index (χ4n) is 2.82. The Bertz CT molecular complexity index is 710. The highest BCUT2D eigenvalue weighted by molar-refractivity contribution is 7.12. The van der Waals surface area contributed by atoms with Crippen LogP contribution in [0.3, 0.4) is 0 Å². The number of rotatable bonds is 3. The van der Waals surface area contributed by atoms with Crippen LogP contribution in [0.2, 0.25) is 5.02 Å². The van der Waals surface area contributed by atoms with Crippen molar-refractivity contribution in [3.8, 4) is 0 Å². The van der Waals surface area contributed by atoms with Crippen LogP contribution >= 0.6 is 22.9 Å². The Balaban J connectivity index is 1.87. The van der Waals surface area contributed by atoms with Gasteiger partial charge in [0.15, 0.2) is 0 Å². The molecule has 0 saturated carbocycles. The lowest BCUT2D eigenvalue weighted by Gasteiger charge is -2.18. The van der Waals surface area contributed by atoms with Gasteiger partial charge in [-0.1, -0.05) is 11.6 Å². The van der Waals surface area contributed by atoms with Crippen LogP contribution in [0, 0.1) is 13.8 Å². The lowest BCUT2D eigenvalue weighted by molar-refractivity contribution is -0.117. The number of amides is 1. The van der Waals surface area contributed by atoms with Crippen LogP contribution in [0.25, 0.3) is 0 Å². The molecule has 3 nitrogen and oxygen atoms in total. The number of fused-ring (bicyclic) bond motifs is 1. The standard InChI is InChI=1S/C16H17ClN2OS/c1-8-6-12(10(3)21-8)9(2)18-15-13-7-11(17)4-5-14(13)19-16(15)20/h4-7,9,15,18H,1-3H3,(H,19,20). The molecule has 0 saturated heterocycles. The molecule has 110 valence electrons. The van der Waals surface area contributed by atoms with Crippen LogP contribution in [-0.4, -0.2) is 5.91 Å². The first-order valence-corrected chi connectivity index (χ1v) is 8.08. The van der Waals surface area contributed by atoms with Crippen molar-refractivity contribution in [2.75, 3.05) is 5.32 Å². The molecule has 2 atom stereocenters. The average Bonchev–Trinajstić information content (AvgIpc) is 2.90. The molecule has 2 unspecified atom stereocenters. The van der Waals surface area contributed by atoms with E-state index < -0.39 is 0 Å². The highest BCUT2D eigenvalue weighted by Gasteiger charge is 2.32. The molecule has 21 heavy (non-hydrogen) atoms. The monoisotopic (exact) mass is 320 g/mol. The fourth-order valence-corrected chi connectivity index (χ4v) is 4.02. The van der Waals surface area contributed by atoms with Crippen LogP contribution in [0.1, 0.15) is 39.9 Å². The molecule has 0 fully saturated rings. The summed E-state index contributed by atoms with van der Waals surface area (Å²) in [4.78, 5) is 14.8. The number of hydrogen-bond donors (Lipinski definition) is 2. The molecule has 1 aliphatic rings. The quantitative estimate of drug-likeness (QED) is 0.882. The van der Waals surface area contributed by atoms with Gasteiger partial charge in [0.2, 0.25) is 5.91 Å². The third kappa shape index (κ3) is 2.71. The first-order valence-electron chi connectivity index (χ1n) is 6.89. The second kappa shape index (κ2) is 5.44. The highest BCUT2D eigenvalue weighted by Crippen LogP contribution is 2.35. The normalized spacial score (nSPS) is 18.5. The van der Waals surface area contributed by atoms with Gasteiger partial charge in [-0.25, -0.2) is 0 Å². The van der Waals surface area contributed by atoms with E-state index >= 15 is 0 Å². The topological polar surface area (TPSA) is 41.1 Å². The summed E-state index contributed by atoms with van der Waals surface area (Å²) in [6.07, 6.45) is 0. The molecular weight excluding hydrogens is 304 g/mol. The van der Waals surface area contributed by atoms with Gasteiger partial charge >= 0.3 is 0 Å². The summed E-state index contributed by atoms with van der Waals surface area (Å²) in [6, 6.07) is 7.43. The summed E-state index contributed by atoms with van der Waals surface area (Å²) in [5, 5.41) is 6.96. The molecule has 0 radical (unpaired) electrons. The second-order valence-electron chi connectivity index (χ2n) is 5.41. The molecule has 0 bridgehead atoms. The molecule has 2 N–H and O–H groups in total. The van der Waals surface area contributed by atoms with E-state index in [1.165, 1.54) is 15.3 Å². The smallest absolute Gasteiger partial charge is 0.246 e. The van der Waals surface area contributed by atoms with E-state index in [2.05, 4.69) is 37.5 Å². The predicted molar refractivity (Wildman–Crippen MR) is 88.2 cm³/mol. The zero-order valence-electron chi connectivity index (χ0n) is 12.2. The summed E-state index contributed by atoms with van der Waals surface area (Å²) >= 11 is 7.84. The predicted octanol–water partition coefficient (Wildman–Crippen LogP) is 4.36. The van der Waals surface area contributed by atoms with Crippen LogP contribution in [0.5, 0.6) is 0 Å². The van der Waals surface area contributed by atoms with E-state index in [1.54, 1.807) is 17.4 Å². The van der Waals surface area contributed by atoms with Crippen LogP contribution in [0.4, 0.5) is 5.69 Å². The summed E-state index contributed by atoms with van der Waals surface area (Å²) in [6.45, 7) is 6.31. The number of carbonyl (C=O) groups is 1. The fraction of sp³-hybridized carbons (Fsp3) is 0.312. The molecule has 2 aromatic rings. The molecule has 0 spiro atoms. The molecule has 1 aromatic carbocycles. The van der Waals surface area contributed by atoms with E-state index in [4.69, 9.17) is 11.6 Å². The zero-order chi connectivity index (χ0) is 15.1. The third-order valence-corrected chi connectivity index (χ3v) is 5.02. The van der Waals surface area contributed by atoms with Gasteiger partial charge < -0.3 is 5.32 Å². The summed E-state index contributed by atoms with van der Waals surface area (Å²) in [5.74, 6) is -0.0243. The van der Waals surface area contributed by atoms with Gasteiger partial charge in [-0.15, -0.1) is 11.3 Å². The van der Waals surface area contributed by atoms with E-state index in [0.29, 0.717) is 5.02 Å². The highest BCUT2D eigenvalue weighted by atomic mass is 35.5. The Morgan fingerprint density at radius 2 is 2.10 bits per heavy atom. The van der Waals surface area contributed by atoms with Crippen molar-refractivity contribution in [2.45, 2.75) is 32.9 Å². The van der Waals surface area contributed by atoms with Gasteiger partial charge in [-0.3, -0.25) is 10.1 Å². The summed E-state index contributed by atoms with van der Waals surface area (Å²) < 4.78 is 0. The third-order valence-electron chi connectivity index (χ3n) is 3.81. The van der Waals surface area contributed by atoms with Gasteiger partial charge in [0, 0.05) is 32.1 Å². The van der Waals surface area contributed by atoms with Gasteiger partial charge in [0.1, 0.15) is 6.04 Å². The number of thiophene rings is 1. The minimum Gasteiger partial charge on any atom is -0.324 e. The number of anilines is 1. The molecule has 0 aliphatic carbocycles. The van der Waals surface area contributed by atoms with Crippen LogP contribution in [0.15, 0.2) is 24.3 Å². The number of carbonyl (C=O) groups excluding carboxylic acids is 1. The van der Waals surface area contributed by atoms with Crippen molar-refractivity contribution in [3.63, 3.8) is 0 Å². The molecule has 3 rings (SSSR count). The molecule has 2 heterocycles. The van der Waals surface area contributed by atoms with E-state index in [1.807, 2.05) is 12.1 Å². The van der Waals surface area contributed by atoms with Crippen molar-refractivity contribution in [1.82, 2.24) is 5.32 Å². The van der Waals surface area contributed by atoms with Gasteiger partial charge in [0.05, 0.1) is 0 Å². The molecular formula is C16H17ClN2OS. The number of aryl methyl sites for hydroxylation is 2. The Labute approximate surface area is 133 Å². The zero-order valence-corrected chi connectivity index (χ0v) is 13.7. The maximum absolute atomic E-state index is 12.2. The Hall–Kier alpha value is -1.36. The first kappa shape index (κ1) is 14.6. The number of halogens is 1. The van der Waals surface area contributed by atoms with Gasteiger partial charge in [-0.2, -0.15) is 0 Å². The molecule has 1 aromatic heterocycles. The summed E-state index contributed by atoms with van der Waals surface area (Å²) in [7, 11) is 0. The minimum atomic E-state index is -0.353. The lowest BCUT2D eigenvalue weighted by Crippen LogP contribution is -2.29. The molecule has 5 heteroatoms. The van der Waals surface area contributed by atoms with Gasteiger partial charge in [-0.05, 0) is 50.6 Å². The lowest BCUT2D eigenvalue weighted by atomic mass is 10.0. The van der Waals surface area contributed by atoms with Crippen LogP contribution < -0.4 is 10.6 Å². The van der Waals surface area contributed by atoms with E-state index in [9.17, 15) is 4.79 Å².